The Hall–Kier alpha value is -2.39. The van der Waals surface area contributed by atoms with E-state index in [0.29, 0.717) is 11.0 Å². The molecule has 3 aromatic rings. The molecule has 0 aliphatic heterocycles. The van der Waals surface area contributed by atoms with E-state index in [4.69, 9.17) is 16.3 Å². The third-order valence-corrected chi connectivity index (χ3v) is 4.16. The van der Waals surface area contributed by atoms with Crippen molar-refractivity contribution in [1.29, 1.82) is 0 Å². The smallest absolute Gasteiger partial charge is 0.387 e. The van der Waals surface area contributed by atoms with Gasteiger partial charge in [0.15, 0.2) is 16.6 Å². The number of rotatable bonds is 5. The summed E-state index contributed by atoms with van der Waals surface area (Å²) in [4.78, 5) is 23.5. The molecule has 3 rings (SSSR count). The first kappa shape index (κ1) is 17.4. The molecule has 1 N–H and O–H groups in total. The summed E-state index contributed by atoms with van der Waals surface area (Å²) in [5.74, 6) is 0.153. The number of halogens is 3. The van der Waals surface area contributed by atoms with E-state index >= 15 is 0 Å². The molecule has 2 aromatic heterocycles. The highest BCUT2D eigenvalue weighted by Crippen LogP contribution is 2.32. The van der Waals surface area contributed by atoms with Crippen molar-refractivity contribution in [1.82, 2.24) is 15.0 Å². The van der Waals surface area contributed by atoms with Crippen LogP contribution in [0.4, 0.5) is 8.78 Å². The van der Waals surface area contributed by atoms with Crippen LogP contribution in [0.2, 0.25) is 5.02 Å². The molecule has 0 fully saturated rings. The van der Waals surface area contributed by atoms with Crippen LogP contribution < -0.4 is 9.47 Å². The SMILES string of the molecule is COc1c(Cl)ccnc1C(=O)Sc1nc2cc(OC(F)F)ccc2[nH]1. The number of benzene rings is 1. The molecule has 1 aromatic carbocycles. The van der Waals surface area contributed by atoms with Crippen LogP contribution >= 0.6 is 23.4 Å². The number of carbonyl (C=O) groups excluding carboxylic acids is 1. The van der Waals surface area contributed by atoms with E-state index in [0.717, 1.165) is 11.8 Å². The number of nitrogens with one attached hydrogen (secondary N) is 1. The van der Waals surface area contributed by atoms with Crippen LogP contribution in [0.1, 0.15) is 10.5 Å². The summed E-state index contributed by atoms with van der Waals surface area (Å²) in [5, 5.41) is 0.111. The molecular weight excluding hydrogens is 376 g/mol. The molecular formula is C15H10ClF2N3O3S. The summed E-state index contributed by atoms with van der Waals surface area (Å²) in [6.07, 6.45) is 1.39. The number of hydrogen-bond acceptors (Lipinski definition) is 6. The number of hydrogen-bond donors (Lipinski definition) is 1. The van der Waals surface area contributed by atoms with E-state index in [2.05, 4.69) is 19.7 Å². The molecule has 0 radical (unpaired) electrons. The predicted molar refractivity (Wildman–Crippen MR) is 88.7 cm³/mol. The van der Waals surface area contributed by atoms with Crippen LogP contribution in [0.3, 0.4) is 0 Å². The minimum atomic E-state index is -2.92. The second-order valence-electron chi connectivity index (χ2n) is 4.66. The van der Waals surface area contributed by atoms with Crippen LogP contribution in [0.5, 0.6) is 11.5 Å². The average molecular weight is 386 g/mol. The van der Waals surface area contributed by atoms with Gasteiger partial charge in [-0.15, -0.1) is 0 Å². The molecule has 10 heteroatoms. The number of fused-ring (bicyclic) bond motifs is 1. The fraction of sp³-hybridized carbons (Fsp3) is 0.133. The number of ether oxygens (including phenoxy) is 2. The largest absolute Gasteiger partial charge is 0.493 e. The van der Waals surface area contributed by atoms with Gasteiger partial charge in [-0.1, -0.05) is 11.6 Å². The Morgan fingerprint density at radius 3 is 2.88 bits per heavy atom. The number of imidazole rings is 1. The zero-order valence-corrected chi connectivity index (χ0v) is 14.2. The fourth-order valence-electron chi connectivity index (χ4n) is 2.09. The molecule has 0 bridgehead atoms. The number of thioether (sulfide) groups is 1. The van der Waals surface area contributed by atoms with Crippen molar-refractivity contribution in [3.05, 3.63) is 41.2 Å². The van der Waals surface area contributed by atoms with Crippen LogP contribution in [-0.2, 0) is 0 Å². The number of pyridine rings is 1. The van der Waals surface area contributed by atoms with Gasteiger partial charge in [-0.3, -0.25) is 4.79 Å². The summed E-state index contributed by atoms with van der Waals surface area (Å²) in [6.45, 7) is -2.92. The molecule has 0 aliphatic carbocycles. The van der Waals surface area contributed by atoms with Gasteiger partial charge in [0.2, 0.25) is 5.12 Å². The van der Waals surface area contributed by atoms with Gasteiger partial charge in [-0.25, -0.2) is 9.97 Å². The van der Waals surface area contributed by atoms with Crippen molar-refractivity contribution in [2.24, 2.45) is 0 Å². The molecule has 130 valence electrons. The number of carbonyl (C=O) groups is 1. The van der Waals surface area contributed by atoms with Gasteiger partial charge in [-0.2, -0.15) is 8.78 Å². The normalized spacial score (nSPS) is 11.1. The third kappa shape index (κ3) is 3.83. The van der Waals surface area contributed by atoms with Crippen molar-refractivity contribution >= 4 is 39.5 Å². The minimum Gasteiger partial charge on any atom is -0.493 e. The monoisotopic (exact) mass is 385 g/mol. The van der Waals surface area contributed by atoms with E-state index in [-0.39, 0.29) is 27.4 Å². The molecule has 0 saturated carbocycles. The van der Waals surface area contributed by atoms with E-state index in [1.807, 2.05) is 0 Å². The molecule has 25 heavy (non-hydrogen) atoms. The quantitative estimate of drug-likeness (QED) is 0.665. The van der Waals surface area contributed by atoms with Crippen molar-refractivity contribution < 1.29 is 23.0 Å². The maximum atomic E-state index is 12.4. The Balaban J connectivity index is 1.85. The molecule has 0 saturated heterocycles. The Kier molecular flexibility index (Phi) is 5.05. The van der Waals surface area contributed by atoms with Crippen molar-refractivity contribution in [2.45, 2.75) is 11.8 Å². The lowest BCUT2D eigenvalue weighted by molar-refractivity contribution is -0.0497. The maximum Gasteiger partial charge on any atom is 0.387 e. The minimum absolute atomic E-state index is 0.0185. The molecule has 0 amide bonds. The van der Waals surface area contributed by atoms with Crippen molar-refractivity contribution in [3.8, 4) is 11.5 Å². The second kappa shape index (κ2) is 7.24. The third-order valence-electron chi connectivity index (χ3n) is 3.10. The number of aromatic nitrogens is 3. The second-order valence-corrected chi connectivity index (χ2v) is 6.03. The van der Waals surface area contributed by atoms with E-state index in [9.17, 15) is 13.6 Å². The van der Waals surface area contributed by atoms with Crippen LogP contribution in [0, 0.1) is 0 Å². The Bertz CT molecular complexity index is 936. The highest BCUT2D eigenvalue weighted by atomic mass is 35.5. The maximum absolute atomic E-state index is 12.4. The lowest BCUT2D eigenvalue weighted by Crippen LogP contribution is -2.02. The van der Waals surface area contributed by atoms with Crippen molar-refractivity contribution in [2.75, 3.05) is 7.11 Å². The molecule has 0 aliphatic rings. The van der Waals surface area contributed by atoms with Gasteiger partial charge in [0, 0.05) is 12.3 Å². The molecule has 0 spiro atoms. The lowest BCUT2D eigenvalue weighted by Gasteiger charge is -2.06. The summed E-state index contributed by atoms with van der Waals surface area (Å²) in [7, 11) is 1.38. The van der Waals surface area contributed by atoms with Gasteiger partial charge in [0.25, 0.3) is 0 Å². The van der Waals surface area contributed by atoms with Gasteiger partial charge in [0.1, 0.15) is 5.75 Å². The average Bonchev–Trinajstić information content (AvgIpc) is 2.95. The van der Waals surface area contributed by atoms with Gasteiger partial charge in [-0.05, 0) is 30.0 Å². The van der Waals surface area contributed by atoms with Gasteiger partial charge >= 0.3 is 6.61 Å². The summed E-state index contributed by atoms with van der Waals surface area (Å²) in [6, 6.07) is 5.77. The van der Waals surface area contributed by atoms with Crippen LogP contribution in [-0.4, -0.2) is 33.8 Å². The summed E-state index contributed by atoms with van der Waals surface area (Å²) >= 11 is 6.76. The molecule has 6 nitrogen and oxygen atoms in total. The van der Waals surface area contributed by atoms with E-state index in [1.54, 1.807) is 0 Å². The Morgan fingerprint density at radius 2 is 2.16 bits per heavy atom. The number of alkyl halides is 2. The first-order valence-corrected chi connectivity index (χ1v) is 8.02. The van der Waals surface area contributed by atoms with E-state index in [1.165, 1.54) is 37.6 Å². The first-order valence-electron chi connectivity index (χ1n) is 6.83. The summed E-state index contributed by atoms with van der Waals surface area (Å²) in [5.41, 5.74) is 1.02. The Labute approximate surface area is 149 Å². The number of methoxy groups -OCH3 is 1. The lowest BCUT2D eigenvalue weighted by atomic mass is 10.3. The summed E-state index contributed by atoms with van der Waals surface area (Å²) < 4.78 is 33.9. The van der Waals surface area contributed by atoms with Gasteiger partial charge < -0.3 is 14.5 Å². The number of nitrogens with zero attached hydrogens (tertiary/aromatic N) is 2. The standard InChI is InChI=1S/C15H10ClF2N3O3S/c1-23-12-8(16)4-5-19-11(12)13(22)25-15-20-9-3-2-7(24-14(17)18)6-10(9)21-15/h2-6,14H,1H3,(H,20,21). The van der Waals surface area contributed by atoms with Crippen molar-refractivity contribution in [3.63, 3.8) is 0 Å². The number of aromatic amines is 1. The topological polar surface area (TPSA) is 77.1 Å². The first-order chi connectivity index (χ1) is 12.0. The zero-order chi connectivity index (χ0) is 18.0. The van der Waals surface area contributed by atoms with Gasteiger partial charge in [0.05, 0.1) is 23.2 Å². The van der Waals surface area contributed by atoms with Crippen LogP contribution in [0.15, 0.2) is 35.6 Å². The van der Waals surface area contributed by atoms with Crippen LogP contribution in [0.25, 0.3) is 11.0 Å². The molecule has 0 atom stereocenters. The molecule has 0 unspecified atom stereocenters. The highest BCUT2D eigenvalue weighted by molar-refractivity contribution is 8.14. The molecule has 2 heterocycles. The fourth-order valence-corrected chi connectivity index (χ4v) is 3.03. The van der Waals surface area contributed by atoms with E-state index < -0.39 is 11.7 Å². The number of H-pyrrole nitrogens is 1. The zero-order valence-electron chi connectivity index (χ0n) is 12.6. The Morgan fingerprint density at radius 1 is 1.36 bits per heavy atom. The predicted octanol–water partition coefficient (Wildman–Crippen LogP) is 4.15. The highest BCUT2D eigenvalue weighted by Gasteiger charge is 2.20.